The molecule has 29 heavy (non-hydrogen) atoms. The third kappa shape index (κ3) is 3.61. The summed E-state index contributed by atoms with van der Waals surface area (Å²) in [6.45, 7) is 15.2. The average molecular weight is 404 g/mol. The summed E-state index contributed by atoms with van der Waals surface area (Å²) in [4.78, 5) is 13.3. The smallest absolute Gasteiger partial charge is 0.264 e. The number of hydrogen-bond acceptors (Lipinski definition) is 4. The first-order valence-corrected chi connectivity index (χ1v) is 10.5. The third-order valence-electron chi connectivity index (χ3n) is 6.93. The number of hydroxylamine groups is 2. The summed E-state index contributed by atoms with van der Waals surface area (Å²) >= 11 is 0. The standard InChI is InChI=1S/C23H35N2O4/c1-13-14(2)19-17(15(3)18(13)26)9-10-23(8,29-19)20(27)24-16-11-21(4,5)25(28)22(6,7)12-16/h16,26H,9-12H2,1-8H3,(H,24,27). The maximum absolute atomic E-state index is 13.3. The Kier molecular flexibility index (Phi) is 5.20. The minimum Gasteiger partial charge on any atom is -0.507 e. The number of nitrogens with zero attached hydrogens (tertiary/aromatic N) is 1. The van der Waals surface area contributed by atoms with Crippen molar-refractivity contribution in [3.05, 3.63) is 22.3 Å². The van der Waals surface area contributed by atoms with Gasteiger partial charge < -0.3 is 15.2 Å². The van der Waals surface area contributed by atoms with E-state index in [9.17, 15) is 15.1 Å². The predicted octanol–water partition coefficient (Wildman–Crippen LogP) is 3.88. The molecule has 3 rings (SSSR count). The van der Waals surface area contributed by atoms with Crippen molar-refractivity contribution < 1.29 is 19.8 Å². The van der Waals surface area contributed by atoms with Gasteiger partial charge in [-0.15, -0.1) is 10.3 Å². The van der Waals surface area contributed by atoms with Crippen molar-refractivity contribution >= 4 is 5.91 Å². The molecule has 0 aromatic heterocycles. The zero-order chi connectivity index (χ0) is 21.9. The van der Waals surface area contributed by atoms with Crippen LogP contribution < -0.4 is 10.1 Å². The highest BCUT2D eigenvalue weighted by molar-refractivity contribution is 5.86. The number of ether oxygens (including phenoxy) is 1. The summed E-state index contributed by atoms with van der Waals surface area (Å²) in [7, 11) is 0. The van der Waals surface area contributed by atoms with E-state index in [1.165, 1.54) is 5.06 Å². The number of carbonyl (C=O) groups excluding carboxylic acids is 1. The highest BCUT2D eigenvalue weighted by atomic mass is 16.5. The van der Waals surface area contributed by atoms with Crippen LogP contribution in [0.1, 0.15) is 76.1 Å². The van der Waals surface area contributed by atoms with Crippen LogP contribution in [0.15, 0.2) is 0 Å². The first-order valence-electron chi connectivity index (χ1n) is 10.5. The summed E-state index contributed by atoms with van der Waals surface area (Å²) in [5, 5.41) is 27.3. The van der Waals surface area contributed by atoms with Gasteiger partial charge in [0.05, 0.1) is 0 Å². The van der Waals surface area contributed by atoms with Gasteiger partial charge in [0.25, 0.3) is 5.91 Å². The molecular weight excluding hydrogens is 368 g/mol. The first kappa shape index (κ1) is 21.9. The number of carbonyl (C=O) groups is 1. The number of aromatic hydroxyl groups is 1. The third-order valence-corrected chi connectivity index (χ3v) is 6.93. The molecule has 1 saturated heterocycles. The monoisotopic (exact) mass is 403 g/mol. The summed E-state index contributed by atoms with van der Waals surface area (Å²) < 4.78 is 6.30. The van der Waals surface area contributed by atoms with E-state index in [4.69, 9.17) is 4.74 Å². The molecule has 1 unspecified atom stereocenters. The van der Waals surface area contributed by atoms with E-state index in [0.717, 1.165) is 28.0 Å². The number of nitrogens with one attached hydrogen (secondary N) is 1. The molecule has 6 nitrogen and oxygen atoms in total. The Hall–Kier alpha value is -1.79. The second-order valence-corrected chi connectivity index (χ2v) is 10.4. The Morgan fingerprint density at radius 2 is 1.59 bits per heavy atom. The van der Waals surface area contributed by atoms with E-state index in [1.807, 2.05) is 55.4 Å². The van der Waals surface area contributed by atoms with E-state index < -0.39 is 16.7 Å². The second kappa shape index (κ2) is 6.88. The second-order valence-electron chi connectivity index (χ2n) is 10.4. The summed E-state index contributed by atoms with van der Waals surface area (Å²) in [5.41, 5.74) is 1.43. The normalized spacial score (nSPS) is 26.5. The van der Waals surface area contributed by atoms with Gasteiger partial charge in [0.1, 0.15) is 11.5 Å². The molecule has 1 aromatic rings. The van der Waals surface area contributed by atoms with Crippen LogP contribution in [0.4, 0.5) is 0 Å². The van der Waals surface area contributed by atoms with E-state index >= 15 is 0 Å². The Morgan fingerprint density at radius 1 is 1.03 bits per heavy atom. The van der Waals surface area contributed by atoms with Crippen molar-refractivity contribution in [3.63, 3.8) is 0 Å². The molecule has 2 N–H and O–H groups in total. The van der Waals surface area contributed by atoms with Crippen LogP contribution >= 0.6 is 0 Å². The van der Waals surface area contributed by atoms with Gasteiger partial charge in [-0.2, -0.15) is 0 Å². The molecule has 1 radical (unpaired) electrons. The van der Waals surface area contributed by atoms with E-state index in [2.05, 4.69) is 5.32 Å². The van der Waals surface area contributed by atoms with E-state index in [-0.39, 0.29) is 11.9 Å². The molecule has 2 aliphatic heterocycles. The molecule has 0 saturated carbocycles. The van der Waals surface area contributed by atoms with Crippen LogP contribution in [0.3, 0.4) is 0 Å². The number of amides is 1. The molecule has 0 spiro atoms. The van der Waals surface area contributed by atoms with Crippen molar-refractivity contribution in [2.45, 2.75) is 104 Å². The lowest BCUT2D eigenvalue weighted by Crippen LogP contribution is -2.64. The van der Waals surface area contributed by atoms with Gasteiger partial charge in [0.15, 0.2) is 5.60 Å². The SMILES string of the molecule is Cc1c(C)c2c(c(C)c1O)CCC(C)(C(=O)NC1CC(C)(C)N([O])C(C)(C)C1)O2. The number of piperidine rings is 1. The van der Waals surface area contributed by atoms with Crippen molar-refractivity contribution in [2.75, 3.05) is 0 Å². The molecule has 2 heterocycles. The van der Waals surface area contributed by atoms with Crippen LogP contribution in [0.5, 0.6) is 11.5 Å². The zero-order valence-corrected chi connectivity index (χ0v) is 19.0. The van der Waals surface area contributed by atoms with Crippen LogP contribution in [-0.4, -0.2) is 38.8 Å². The quantitative estimate of drug-likeness (QED) is 0.785. The molecule has 1 aromatic carbocycles. The molecule has 2 aliphatic rings. The number of fused-ring (bicyclic) bond motifs is 1. The van der Waals surface area contributed by atoms with Crippen molar-refractivity contribution in [3.8, 4) is 11.5 Å². The lowest BCUT2D eigenvalue weighted by molar-refractivity contribution is -0.290. The Labute approximate surface area is 174 Å². The Bertz CT molecular complexity index is 828. The summed E-state index contributed by atoms with van der Waals surface area (Å²) in [6.07, 6.45) is 2.42. The maximum Gasteiger partial charge on any atom is 0.264 e. The van der Waals surface area contributed by atoms with Crippen LogP contribution in [0, 0.1) is 20.8 Å². The minimum absolute atomic E-state index is 0.0797. The lowest BCUT2D eigenvalue weighted by atomic mass is 9.78. The minimum atomic E-state index is -0.976. The number of hydrogen-bond donors (Lipinski definition) is 2. The topological polar surface area (TPSA) is 81.7 Å². The van der Waals surface area contributed by atoms with E-state index in [1.54, 1.807) is 0 Å². The fourth-order valence-electron chi connectivity index (χ4n) is 5.11. The van der Waals surface area contributed by atoms with Crippen LogP contribution in [0.2, 0.25) is 0 Å². The van der Waals surface area contributed by atoms with Gasteiger partial charge in [0, 0.05) is 29.1 Å². The molecular formula is C23H35N2O4. The maximum atomic E-state index is 13.3. The van der Waals surface area contributed by atoms with Crippen molar-refractivity contribution in [1.29, 1.82) is 0 Å². The van der Waals surface area contributed by atoms with Gasteiger partial charge in [-0.1, -0.05) is 0 Å². The Balaban J connectivity index is 1.83. The van der Waals surface area contributed by atoms with Gasteiger partial charge in [-0.3, -0.25) is 4.79 Å². The summed E-state index contributed by atoms with van der Waals surface area (Å²) in [5.74, 6) is 0.894. The molecule has 1 amide bonds. The fourth-order valence-corrected chi connectivity index (χ4v) is 5.11. The number of benzene rings is 1. The van der Waals surface area contributed by atoms with Gasteiger partial charge in [0.2, 0.25) is 0 Å². The summed E-state index contributed by atoms with van der Waals surface area (Å²) in [6, 6.07) is -0.0797. The molecule has 0 aliphatic carbocycles. The first-order chi connectivity index (χ1) is 13.2. The molecule has 1 atom stereocenters. The number of phenolic OH excluding ortho intramolecular Hbond substituents is 1. The van der Waals surface area contributed by atoms with Gasteiger partial charge >= 0.3 is 0 Å². The largest absolute Gasteiger partial charge is 0.507 e. The van der Waals surface area contributed by atoms with Crippen LogP contribution in [0.25, 0.3) is 0 Å². The molecule has 0 bridgehead atoms. The number of phenols is 1. The predicted molar refractivity (Wildman–Crippen MR) is 112 cm³/mol. The van der Waals surface area contributed by atoms with Crippen molar-refractivity contribution in [1.82, 2.24) is 10.4 Å². The fraction of sp³-hybridized carbons (Fsp3) is 0.696. The highest BCUT2D eigenvalue weighted by Gasteiger charge is 2.48. The van der Waals surface area contributed by atoms with Gasteiger partial charge in [-0.05, 0) is 91.3 Å². The molecule has 1 fully saturated rings. The van der Waals surface area contributed by atoms with E-state index in [0.29, 0.717) is 31.4 Å². The Morgan fingerprint density at radius 3 is 2.14 bits per heavy atom. The zero-order valence-electron chi connectivity index (χ0n) is 19.0. The average Bonchev–Trinajstić information content (AvgIpc) is 2.62. The number of rotatable bonds is 2. The molecule has 6 heteroatoms. The molecule has 161 valence electrons. The highest BCUT2D eigenvalue weighted by Crippen LogP contribution is 2.44. The van der Waals surface area contributed by atoms with Gasteiger partial charge in [-0.25, -0.2) is 0 Å². The van der Waals surface area contributed by atoms with Crippen molar-refractivity contribution in [2.24, 2.45) is 0 Å². The lowest BCUT2D eigenvalue weighted by Gasteiger charge is -2.50. The van der Waals surface area contributed by atoms with Crippen LogP contribution in [-0.2, 0) is 16.4 Å².